The summed E-state index contributed by atoms with van der Waals surface area (Å²) in [5.41, 5.74) is 3.42. The van der Waals surface area contributed by atoms with E-state index in [0.717, 1.165) is 16.8 Å². The van der Waals surface area contributed by atoms with Crippen LogP contribution in [0.1, 0.15) is 22.4 Å². The molecule has 5 heteroatoms. The summed E-state index contributed by atoms with van der Waals surface area (Å²) in [7, 11) is 0. The van der Waals surface area contributed by atoms with Crippen LogP contribution < -0.4 is 0 Å². The minimum absolute atomic E-state index is 0.0561. The van der Waals surface area contributed by atoms with Crippen molar-refractivity contribution in [2.75, 3.05) is 26.3 Å². The molecule has 138 valence electrons. The van der Waals surface area contributed by atoms with E-state index in [1.54, 1.807) is 6.20 Å². The third kappa shape index (κ3) is 4.48. The van der Waals surface area contributed by atoms with E-state index in [1.807, 2.05) is 30.9 Å². The first-order valence-corrected chi connectivity index (χ1v) is 8.99. The van der Waals surface area contributed by atoms with Crippen molar-refractivity contribution in [2.24, 2.45) is 0 Å². The van der Waals surface area contributed by atoms with Crippen molar-refractivity contribution in [3.63, 3.8) is 0 Å². The molecule has 1 atom stereocenters. The SMILES string of the molecule is Cc1ccc(C[C@]2(CO)CN(C(=O)Cc3ccnc(C)c3)CCO2)cc1. The number of carbonyl (C=O) groups excluding carboxylic acids is 1. The van der Waals surface area contributed by atoms with Gasteiger partial charge < -0.3 is 14.7 Å². The number of hydrogen-bond donors (Lipinski definition) is 1. The van der Waals surface area contributed by atoms with E-state index in [-0.39, 0.29) is 12.5 Å². The molecule has 1 aliphatic heterocycles. The first kappa shape index (κ1) is 18.5. The van der Waals surface area contributed by atoms with Gasteiger partial charge in [-0.1, -0.05) is 29.8 Å². The Labute approximate surface area is 154 Å². The number of hydrogen-bond acceptors (Lipinski definition) is 4. The fourth-order valence-corrected chi connectivity index (χ4v) is 3.39. The summed E-state index contributed by atoms with van der Waals surface area (Å²) < 4.78 is 5.94. The molecule has 26 heavy (non-hydrogen) atoms. The smallest absolute Gasteiger partial charge is 0.227 e. The van der Waals surface area contributed by atoms with Crippen molar-refractivity contribution in [3.05, 3.63) is 65.0 Å². The predicted octanol–water partition coefficient (Wildman–Crippen LogP) is 2.07. The third-order valence-electron chi connectivity index (χ3n) is 4.85. The van der Waals surface area contributed by atoms with Crippen molar-refractivity contribution in [3.8, 4) is 0 Å². The lowest BCUT2D eigenvalue weighted by molar-refractivity contribution is -0.157. The molecule has 1 aliphatic rings. The Morgan fingerprint density at radius 1 is 1.23 bits per heavy atom. The monoisotopic (exact) mass is 354 g/mol. The number of carbonyl (C=O) groups is 1. The van der Waals surface area contributed by atoms with Gasteiger partial charge in [-0.2, -0.15) is 0 Å². The van der Waals surface area contributed by atoms with E-state index in [2.05, 4.69) is 29.2 Å². The van der Waals surface area contributed by atoms with Crippen molar-refractivity contribution in [1.82, 2.24) is 9.88 Å². The lowest BCUT2D eigenvalue weighted by atomic mass is 9.92. The van der Waals surface area contributed by atoms with Gasteiger partial charge in [0.2, 0.25) is 5.91 Å². The highest BCUT2D eigenvalue weighted by Crippen LogP contribution is 2.24. The molecule has 0 radical (unpaired) electrons. The van der Waals surface area contributed by atoms with Crippen LogP contribution in [0.25, 0.3) is 0 Å². The number of benzene rings is 1. The van der Waals surface area contributed by atoms with Crippen molar-refractivity contribution < 1.29 is 14.6 Å². The fraction of sp³-hybridized carbons (Fsp3) is 0.429. The molecule has 3 rings (SSSR count). The van der Waals surface area contributed by atoms with Gasteiger partial charge in [-0.15, -0.1) is 0 Å². The Balaban J connectivity index is 1.69. The lowest BCUT2D eigenvalue weighted by Crippen LogP contribution is -2.57. The van der Waals surface area contributed by atoms with Crippen molar-refractivity contribution in [2.45, 2.75) is 32.3 Å². The molecule has 0 saturated carbocycles. The van der Waals surface area contributed by atoms with Crippen LogP contribution in [0.15, 0.2) is 42.6 Å². The van der Waals surface area contributed by atoms with Gasteiger partial charge in [-0.3, -0.25) is 9.78 Å². The van der Waals surface area contributed by atoms with E-state index < -0.39 is 5.60 Å². The molecule has 5 nitrogen and oxygen atoms in total. The number of rotatable bonds is 5. The number of amides is 1. The van der Waals surface area contributed by atoms with Crippen molar-refractivity contribution in [1.29, 1.82) is 0 Å². The average Bonchev–Trinajstić information content (AvgIpc) is 2.64. The van der Waals surface area contributed by atoms with Gasteiger partial charge in [0.05, 0.1) is 26.2 Å². The van der Waals surface area contributed by atoms with Crippen LogP contribution in [-0.4, -0.2) is 52.8 Å². The van der Waals surface area contributed by atoms with Gasteiger partial charge in [-0.25, -0.2) is 0 Å². The third-order valence-corrected chi connectivity index (χ3v) is 4.85. The largest absolute Gasteiger partial charge is 0.393 e. The molecule has 1 fully saturated rings. The van der Waals surface area contributed by atoms with Crippen LogP contribution in [0.3, 0.4) is 0 Å². The molecule has 0 bridgehead atoms. The standard InChI is InChI=1S/C21H26N2O3/c1-16-3-5-18(6-4-16)13-21(15-24)14-23(9-10-26-21)20(25)12-19-7-8-22-17(2)11-19/h3-8,11,24H,9-10,12-15H2,1-2H3/t21-/m1/s1. The summed E-state index contributed by atoms with van der Waals surface area (Å²) in [5.74, 6) is 0.0561. The van der Waals surface area contributed by atoms with Crippen molar-refractivity contribution >= 4 is 5.91 Å². The minimum atomic E-state index is -0.739. The molecule has 0 spiro atoms. The summed E-state index contributed by atoms with van der Waals surface area (Å²) in [4.78, 5) is 18.7. The highest BCUT2D eigenvalue weighted by molar-refractivity contribution is 5.79. The van der Waals surface area contributed by atoms with Crippen LogP contribution in [0.5, 0.6) is 0 Å². The molecule has 1 aromatic heterocycles. The van der Waals surface area contributed by atoms with Crippen LogP contribution in [0.2, 0.25) is 0 Å². The van der Waals surface area contributed by atoms with Crippen LogP contribution >= 0.6 is 0 Å². The topological polar surface area (TPSA) is 62.7 Å². The number of aryl methyl sites for hydroxylation is 2. The second-order valence-corrected chi connectivity index (χ2v) is 7.15. The summed E-state index contributed by atoms with van der Waals surface area (Å²) in [6.45, 7) is 5.25. The normalized spacial score (nSPS) is 20.2. The van der Waals surface area contributed by atoms with Crippen LogP contribution in [0, 0.1) is 13.8 Å². The number of nitrogens with zero attached hydrogens (tertiary/aromatic N) is 2. The molecule has 1 amide bonds. The maximum Gasteiger partial charge on any atom is 0.227 e. The van der Waals surface area contributed by atoms with Crippen LogP contribution in [-0.2, 0) is 22.4 Å². The minimum Gasteiger partial charge on any atom is -0.393 e. The molecule has 1 N–H and O–H groups in total. The van der Waals surface area contributed by atoms with E-state index in [0.29, 0.717) is 32.5 Å². The summed E-state index contributed by atoms with van der Waals surface area (Å²) in [5, 5.41) is 10.0. The molecule has 1 aromatic carbocycles. The maximum atomic E-state index is 12.7. The lowest BCUT2D eigenvalue weighted by Gasteiger charge is -2.42. The number of aliphatic hydroxyl groups is 1. The van der Waals surface area contributed by atoms with Gasteiger partial charge in [0, 0.05) is 24.9 Å². The zero-order valence-corrected chi connectivity index (χ0v) is 15.4. The molecule has 1 saturated heterocycles. The fourth-order valence-electron chi connectivity index (χ4n) is 3.39. The second kappa shape index (κ2) is 7.98. The Kier molecular flexibility index (Phi) is 5.69. The molecule has 2 aromatic rings. The first-order chi connectivity index (χ1) is 12.5. The van der Waals surface area contributed by atoms with Gasteiger partial charge in [0.25, 0.3) is 0 Å². The summed E-state index contributed by atoms with van der Waals surface area (Å²) in [6, 6.07) is 12.0. The van der Waals surface area contributed by atoms with E-state index in [1.165, 1.54) is 5.56 Å². The Bertz CT molecular complexity index is 760. The number of aliphatic hydroxyl groups excluding tert-OH is 1. The maximum absolute atomic E-state index is 12.7. The zero-order valence-electron chi connectivity index (χ0n) is 15.4. The number of morpholine rings is 1. The molecular weight excluding hydrogens is 328 g/mol. The van der Waals surface area contributed by atoms with Gasteiger partial charge >= 0.3 is 0 Å². The summed E-state index contributed by atoms with van der Waals surface area (Å²) in [6.07, 6.45) is 2.66. The summed E-state index contributed by atoms with van der Waals surface area (Å²) >= 11 is 0. The number of ether oxygens (including phenoxy) is 1. The Morgan fingerprint density at radius 3 is 2.69 bits per heavy atom. The predicted molar refractivity (Wildman–Crippen MR) is 99.9 cm³/mol. The molecule has 2 heterocycles. The van der Waals surface area contributed by atoms with E-state index in [9.17, 15) is 9.90 Å². The van der Waals surface area contributed by atoms with E-state index >= 15 is 0 Å². The molecule has 0 unspecified atom stereocenters. The highest BCUT2D eigenvalue weighted by Gasteiger charge is 2.38. The first-order valence-electron chi connectivity index (χ1n) is 8.99. The number of pyridine rings is 1. The molecular formula is C21H26N2O3. The number of aromatic nitrogens is 1. The van der Waals surface area contributed by atoms with Gasteiger partial charge in [0.15, 0.2) is 0 Å². The van der Waals surface area contributed by atoms with Gasteiger partial charge in [-0.05, 0) is 37.1 Å². The highest BCUT2D eigenvalue weighted by atomic mass is 16.5. The molecule has 0 aliphatic carbocycles. The average molecular weight is 354 g/mol. The zero-order chi connectivity index (χ0) is 18.6. The second-order valence-electron chi connectivity index (χ2n) is 7.15. The Hall–Kier alpha value is -2.24. The Morgan fingerprint density at radius 2 is 2.00 bits per heavy atom. The quantitative estimate of drug-likeness (QED) is 0.893. The van der Waals surface area contributed by atoms with Crippen LogP contribution in [0.4, 0.5) is 0 Å². The van der Waals surface area contributed by atoms with Gasteiger partial charge in [0.1, 0.15) is 5.60 Å². The van der Waals surface area contributed by atoms with E-state index in [4.69, 9.17) is 4.74 Å².